The third kappa shape index (κ3) is 11.1. The maximum absolute atomic E-state index is 6.42. The van der Waals surface area contributed by atoms with E-state index in [2.05, 4.69) is 395 Å². The minimum atomic E-state index is -0.389. The molecule has 0 radical (unpaired) electrons. The van der Waals surface area contributed by atoms with Crippen LogP contribution in [0.25, 0.3) is 184 Å². The first-order chi connectivity index (χ1) is 52.3. The first kappa shape index (κ1) is 69.4. The monoisotopic (exact) mass is 1710 g/mol. The van der Waals surface area contributed by atoms with Gasteiger partial charge in [-0.3, -0.25) is 0 Å². The largest absolute Gasteiger partial charge is 0.494 e. The van der Waals surface area contributed by atoms with Crippen molar-refractivity contribution >= 4 is 257 Å². The Kier molecular flexibility index (Phi) is 16.0. The molecule has 21 aromatic rings. The molecule has 0 N–H and O–H groups in total. The number of rotatable bonds is 4. The summed E-state index contributed by atoms with van der Waals surface area (Å²) in [6.45, 7) is 23.3. The number of benzene rings is 21. The minimum absolute atomic E-state index is 0.376. The molecule has 23 rings (SSSR count). The van der Waals surface area contributed by atoms with E-state index in [1.165, 1.54) is 204 Å². The standard InChI is InChI=1S/C36H22Br2.C34H34B2O4.C22H12.C7H6BrI/c1-19-11-29(37)7-9-31(19)25-13-21-3-5-24-16-28-18-26(32-10-8-30(38)12-20(32)2)14-22-4-6-23-15-27(17-25)33(21)35(24)36(23)34(22)28;1-31(2)32(3,4)38-35(37-31)25-15-21-11-9-20-14-24-18-26(36-39-33(5,6)34(7,8)40-36)16-22-12-10-19-13-23(17-25)27(21)29(20)30(19)28(22)24;1-3-13-7-9-18-12-16-6-2-4-14-8-10-17-11-15(5-1)19(13)21(18)22(17)20(14)16;1-5-4-6(8)2-3-7(5)9/h3-18H,1-2H3;9-18H,1-8H3;1-12H;2-4H,1H3. The molecular weight excluding hydrogens is 1640 g/mol. The lowest BCUT2D eigenvalue weighted by atomic mass is 9.75. The summed E-state index contributed by atoms with van der Waals surface area (Å²) in [5, 5.41) is 39.7. The molecule has 2 saturated heterocycles. The maximum atomic E-state index is 6.42. The average Bonchev–Trinajstić information content (AvgIpc) is 1.70. The molecular formula is C99H74B2Br3IO4. The van der Waals surface area contributed by atoms with E-state index >= 15 is 0 Å². The fourth-order valence-electron chi connectivity index (χ4n) is 18.0. The third-order valence-corrected chi connectivity index (χ3v) is 27.5. The van der Waals surface area contributed by atoms with Crippen LogP contribution in [0.1, 0.15) is 72.1 Å². The summed E-state index contributed by atoms with van der Waals surface area (Å²) < 4.78 is 30.4. The van der Waals surface area contributed by atoms with E-state index in [0.29, 0.717) is 0 Å². The Hall–Kier alpha value is -8.78. The minimum Gasteiger partial charge on any atom is -0.399 e. The van der Waals surface area contributed by atoms with Crippen LogP contribution in [-0.4, -0.2) is 36.6 Å². The summed E-state index contributed by atoms with van der Waals surface area (Å²) in [4.78, 5) is 0. The molecule has 2 aliphatic rings. The summed E-state index contributed by atoms with van der Waals surface area (Å²) in [6, 6.07) is 92.5. The molecule has 109 heavy (non-hydrogen) atoms. The van der Waals surface area contributed by atoms with Crippen molar-refractivity contribution in [2.75, 3.05) is 0 Å². The molecule has 2 fully saturated rings. The summed E-state index contributed by atoms with van der Waals surface area (Å²) in [6.07, 6.45) is 0. The fourth-order valence-corrected chi connectivity index (χ4v) is 19.8. The molecule has 528 valence electrons. The Morgan fingerprint density at radius 1 is 0.239 bits per heavy atom. The van der Waals surface area contributed by atoms with Crippen molar-refractivity contribution in [3.05, 3.63) is 282 Å². The zero-order chi connectivity index (χ0) is 74.8. The smallest absolute Gasteiger partial charge is 0.399 e. The van der Waals surface area contributed by atoms with Gasteiger partial charge in [0, 0.05) is 17.0 Å². The molecule has 2 heterocycles. The summed E-state index contributed by atoms with van der Waals surface area (Å²) in [7, 11) is -0.778. The first-order valence-electron chi connectivity index (χ1n) is 37.6. The van der Waals surface area contributed by atoms with E-state index in [0.717, 1.165) is 24.3 Å². The Balaban J connectivity index is 0.000000105. The second-order valence-electron chi connectivity index (χ2n) is 32.7. The van der Waals surface area contributed by atoms with Crippen molar-refractivity contribution in [3.8, 4) is 22.3 Å². The number of hydrogen-bond donors (Lipinski definition) is 0. The van der Waals surface area contributed by atoms with E-state index < -0.39 is 0 Å². The van der Waals surface area contributed by atoms with Gasteiger partial charge in [0.2, 0.25) is 0 Å². The van der Waals surface area contributed by atoms with Crippen LogP contribution in [0.2, 0.25) is 0 Å². The molecule has 0 unspecified atom stereocenters. The molecule has 2 aliphatic heterocycles. The number of halogens is 4. The summed E-state index contributed by atoms with van der Waals surface area (Å²) in [5.41, 5.74) is 9.62. The predicted octanol–water partition coefficient (Wildman–Crippen LogP) is 28.4. The number of aryl methyl sites for hydroxylation is 3. The zero-order valence-corrected chi connectivity index (χ0v) is 69.4. The van der Waals surface area contributed by atoms with Crippen LogP contribution in [0.4, 0.5) is 0 Å². The van der Waals surface area contributed by atoms with Crippen molar-refractivity contribution < 1.29 is 18.6 Å². The van der Waals surface area contributed by atoms with E-state index in [1.807, 2.05) is 0 Å². The van der Waals surface area contributed by atoms with Gasteiger partial charge in [-0.2, -0.15) is 0 Å². The third-order valence-electron chi connectivity index (χ3n) is 24.8. The van der Waals surface area contributed by atoms with Gasteiger partial charge in [-0.15, -0.1) is 0 Å². The van der Waals surface area contributed by atoms with Gasteiger partial charge in [0.05, 0.1) is 22.4 Å². The van der Waals surface area contributed by atoms with Crippen LogP contribution < -0.4 is 10.9 Å². The lowest BCUT2D eigenvalue weighted by Crippen LogP contribution is -2.41. The second kappa shape index (κ2) is 25.1. The van der Waals surface area contributed by atoms with Crippen molar-refractivity contribution in [1.29, 1.82) is 0 Å². The zero-order valence-electron chi connectivity index (χ0n) is 62.5. The molecule has 0 aliphatic carbocycles. The molecule has 4 nitrogen and oxygen atoms in total. The SMILES string of the molecule is CC1(C)OB(c2cc3ccc4cc5cc(B6OC(C)(C)C(C)(C)O6)cc6ccc7cc(c2)c3c4c7c65)OC1(C)C.Cc1cc(Br)ccc1-c1cc2ccc3cc4cc(-c5ccc(Br)cc5C)cc5ccc6cc(c1)c2c3c6c54.Cc1cc(Br)ccc1I.c1cc2ccc3cc4cccc5ccc6cc(c1)c2c3c6c54. The van der Waals surface area contributed by atoms with Gasteiger partial charge in [0.25, 0.3) is 0 Å². The molecule has 0 aromatic heterocycles. The van der Waals surface area contributed by atoms with Gasteiger partial charge in [0.15, 0.2) is 0 Å². The highest BCUT2D eigenvalue weighted by Gasteiger charge is 2.53. The average molecular weight is 1720 g/mol. The maximum Gasteiger partial charge on any atom is 0.494 e. The van der Waals surface area contributed by atoms with E-state index in [1.54, 1.807) is 0 Å². The Labute approximate surface area is 672 Å². The molecule has 10 heteroatoms. The highest BCUT2D eigenvalue weighted by Crippen LogP contribution is 2.50. The van der Waals surface area contributed by atoms with Crippen LogP contribution in [0, 0.1) is 24.3 Å². The van der Waals surface area contributed by atoms with Crippen LogP contribution >= 0.6 is 70.4 Å². The van der Waals surface area contributed by atoms with Crippen molar-refractivity contribution in [3.63, 3.8) is 0 Å². The van der Waals surface area contributed by atoms with Gasteiger partial charge >= 0.3 is 14.2 Å². The topological polar surface area (TPSA) is 36.9 Å². The van der Waals surface area contributed by atoms with Crippen molar-refractivity contribution in [1.82, 2.24) is 0 Å². The first-order valence-corrected chi connectivity index (χ1v) is 41.0. The second-order valence-corrected chi connectivity index (χ2v) is 36.6. The summed E-state index contributed by atoms with van der Waals surface area (Å²) in [5.74, 6) is 0. The highest BCUT2D eigenvalue weighted by atomic mass is 127. The van der Waals surface area contributed by atoms with Crippen molar-refractivity contribution in [2.45, 2.75) is 98.6 Å². The number of hydrogen-bond acceptors (Lipinski definition) is 4. The highest BCUT2D eigenvalue weighted by molar-refractivity contribution is 14.1. The molecule has 0 spiro atoms. The normalized spacial score (nSPS) is 15.6. The van der Waals surface area contributed by atoms with Gasteiger partial charge in [-0.1, -0.05) is 193 Å². The van der Waals surface area contributed by atoms with Crippen molar-refractivity contribution in [2.24, 2.45) is 0 Å². The molecule has 0 saturated carbocycles. The van der Waals surface area contributed by atoms with Gasteiger partial charge in [-0.25, -0.2) is 0 Å². The van der Waals surface area contributed by atoms with E-state index in [4.69, 9.17) is 18.6 Å². The van der Waals surface area contributed by atoms with Gasteiger partial charge < -0.3 is 18.6 Å². The van der Waals surface area contributed by atoms with Gasteiger partial charge in [-0.05, 0) is 413 Å². The van der Waals surface area contributed by atoms with Crippen LogP contribution in [0.15, 0.2) is 262 Å². The quantitative estimate of drug-likeness (QED) is 0.0762. The van der Waals surface area contributed by atoms with Crippen LogP contribution in [0.5, 0.6) is 0 Å². The lowest BCUT2D eigenvalue weighted by Gasteiger charge is -2.32. The van der Waals surface area contributed by atoms with E-state index in [9.17, 15) is 0 Å². The molecule has 21 aromatic carbocycles. The van der Waals surface area contributed by atoms with Crippen LogP contribution in [-0.2, 0) is 18.6 Å². The molecule has 0 bridgehead atoms. The lowest BCUT2D eigenvalue weighted by molar-refractivity contribution is 0.00578. The fraction of sp³-hybridized carbons (Fsp3) is 0.152. The Bertz CT molecular complexity index is 6870. The predicted molar refractivity (Wildman–Crippen MR) is 488 cm³/mol. The van der Waals surface area contributed by atoms with Gasteiger partial charge in [0.1, 0.15) is 0 Å². The Morgan fingerprint density at radius 2 is 0.468 bits per heavy atom. The summed E-state index contributed by atoms with van der Waals surface area (Å²) >= 11 is 13.0. The van der Waals surface area contributed by atoms with E-state index in [-0.39, 0.29) is 36.6 Å². The molecule has 0 amide bonds. The Morgan fingerprint density at radius 3 is 0.780 bits per heavy atom. The molecule has 0 atom stereocenters. The van der Waals surface area contributed by atoms with Crippen LogP contribution in [0.3, 0.4) is 0 Å².